The van der Waals surface area contributed by atoms with Crippen LogP contribution in [0.25, 0.3) is 0 Å². The number of benzene rings is 1. The van der Waals surface area contributed by atoms with Gasteiger partial charge >= 0.3 is 0 Å². The van der Waals surface area contributed by atoms with Gasteiger partial charge in [-0.1, -0.05) is 18.9 Å². The molecular weight excluding hydrogens is 352 g/mol. The lowest BCUT2D eigenvalue weighted by Crippen LogP contribution is -2.41. The Kier molecular flexibility index (Phi) is 6.30. The highest BCUT2D eigenvalue weighted by Gasteiger charge is 2.35. The van der Waals surface area contributed by atoms with Gasteiger partial charge in [-0.15, -0.1) is 12.4 Å². The average molecular weight is 381 g/mol. The van der Waals surface area contributed by atoms with Crippen LogP contribution in [0.3, 0.4) is 0 Å². The molecule has 2 N–H and O–H groups in total. The molecule has 1 amide bonds. The van der Waals surface area contributed by atoms with Gasteiger partial charge in [-0.25, -0.2) is 0 Å². The van der Waals surface area contributed by atoms with E-state index >= 15 is 0 Å². The van der Waals surface area contributed by atoms with Crippen LogP contribution in [0.15, 0.2) is 18.2 Å². The highest BCUT2D eigenvalue weighted by Crippen LogP contribution is 2.34. The van der Waals surface area contributed by atoms with Crippen molar-refractivity contribution < 1.29 is 14.3 Å². The van der Waals surface area contributed by atoms with E-state index in [1.807, 2.05) is 12.1 Å². The third-order valence-electron chi connectivity index (χ3n) is 5.83. The normalized spacial score (nSPS) is 25.0. The minimum atomic E-state index is 0. The SMILES string of the molecule is Cl.NC1CCC(C(=O)N(Cc2ccc3c(c2)OCCO3)C2CCCC2)C1. The quantitative estimate of drug-likeness (QED) is 0.870. The second-order valence-electron chi connectivity index (χ2n) is 7.65. The number of amides is 1. The Morgan fingerprint density at radius 1 is 1.08 bits per heavy atom. The first-order valence-electron chi connectivity index (χ1n) is 9.65. The van der Waals surface area contributed by atoms with Gasteiger partial charge in [-0.3, -0.25) is 4.79 Å². The Hall–Kier alpha value is -1.46. The van der Waals surface area contributed by atoms with Crippen LogP contribution in [-0.2, 0) is 11.3 Å². The van der Waals surface area contributed by atoms with Gasteiger partial charge in [0.15, 0.2) is 11.5 Å². The van der Waals surface area contributed by atoms with Crippen LogP contribution in [-0.4, -0.2) is 36.1 Å². The van der Waals surface area contributed by atoms with Gasteiger partial charge in [0.05, 0.1) is 0 Å². The first-order valence-corrected chi connectivity index (χ1v) is 9.65. The number of hydrogen-bond acceptors (Lipinski definition) is 4. The molecule has 1 aliphatic heterocycles. The topological polar surface area (TPSA) is 64.8 Å². The van der Waals surface area contributed by atoms with E-state index in [0.29, 0.717) is 31.7 Å². The Morgan fingerprint density at radius 3 is 2.50 bits per heavy atom. The van der Waals surface area contributed by atoms with E-state index in [2.05, 4.69) is 11.0 Å². The van der Waals surface area contributed by atoms with Crippen molar-refractivity contribution in [1.29, 1.82) is 0 Å². The molecule has 2 unspecified atom stereocenters. The number of fused-ring (bicyclic) bond motifs is 1. The molecular formula is C20H29ClN2O3. The molecule has 3 aliphatic rings. The summed E-state index contributed by atoms with van der Waals surface area (Å²) in [5.41, 5.74) is 7.16. The minimum absolute atomic E-state index is 0. The van der Waals surface area contributed by atoms with Gasteiger partial charge in [0.1, 0.15) is 13.2 Å². The first-order chi connectivity index (χ1) is 12.2. The van der Waals surface area contributed by atoms with Crippen molar-refractivity contribution in [1.82, 2.24) is 4.90 Å². The van der Waals surface area contributed by atoms with Crippen molar-refractivity contribution in [3.8, 4) is 11.5 Å². The smallest absolute Gasteiger partial charge is 0.226 e. The molecule has 0 radical (unpaired) electrons. The number of nitrogens with two attached hydrogens (primary N) is 1. The summed E-state index contributed by atoms with van der Waals surface area (Å²) in [6.45, 7) is 1.84. The fourth-order valence-corrected chi connectivity index (χ4v) is 4.46. The van der Waals surface area contributed by atoms with Crippen LogP contribution in [0.1, 0.15) is 50.5 Å². The van der Waals surface area contributed by atoms with Gasteiger partial charge < -0.3 is 20.1 Å². The second-order valence-corrected chi connectivity index (χ2v) is 7.65. The fourth-order valence-electron chi connectivity index (χ4n) is 4.46. The van der Waals surface area contributed by atoms with Crippen LogP contribution >= 0.6 is 12.4 Å². The molecule has 26 heavy (non-hydrogen) atoms. The number of nitrogens with zero attached hydrogens (tertiary/aromatic N) is 1. The van der Waals surface area contributed by atoms with E-state index in [4.69, 9.17) is 15.2 Å². The molecule has 4 rings (SSSR count). The second kappa shape index (κ2) is 8.49. The summed E-state index contributed by atoms with van der Waals surface area (Å²) in [4.78, 5) is 15.3. The molecule has 0 aromatic heterocycles. The van der Waals surface area contributed by atoms with Gasteiger partial charge in [0.25, 0.3) is 0 Å². The van der Waals surface area contributed by atoms with Crippen molar-refractivity contribution in [3.63, 3.8) is 0 Å². The van der Waals surface area contributed by atoms with E-state index in [9.17, 15) is 4.79 Å². The summed E-state index contributed by atoms with van der Waals surface area (Å²) in [6, 6.07) is 6.62. The number of hydrogen-bond donors (Lipinski definition) is 1. The van der Waals surface area contributed by atoms with E-state index in [-0.39, 0.29) is 24.4 Å². The summed E-state index contributed by atoms with van der Waals surface area (Å²) in [6.07, 6.45) is 7.43. The van der Waals surface area contributed by atoms with E-state index < -0.39 is 0 Å². The number of carbonyl (C=O) groups is 1. The Morgan fingerprint density at radius 2 is 1.81 bits per heavy atom. The molecule has 2 saturated carbocycles. The van der Waals surface area contributed by atoms with Crippen LogP contribution in [0.5, 0.6) is 11.5 Å². The molecule has 0 bridgehead atoms. The predicted octanol–water partition coefficient (Wildman–Crippen LogP) is 3.28. The lowest BCUT2D eigenvalue weighted by molar-refractivity contribution is -0.138. The van der Waals surface area contributed by atoms with Gasteiger partial charge in [-0.05, 0) is 49.8 Å². The summed E-state index contributed by atoms with van der Waals surface area (Å²) in [5, 5.41) is 0. The highest BCUT2D eigenvalue weighted by atomic mass is 35.5. The lowest BCUT2D eigenvalue weighted by Gasteiger charge is -2.32. The third kappa shape index (κ3) is 4.09. The third-order valence-corrected chi connectivity index (χ3v) is 5.83. The van der Waals surface area contributed by atoms with E-state index in [1.165, 1.54) is 12.8 Å². The molecule has 144 valence electrons. The summed E-state index contributed by atoms with van der Waals surface area (Å²) in [7, 11) is 0. The zero-order valence-electron chi connectivity index (χ0n) is 15.2. The van der Waals surface area contributed by atoms with Crippen LogP contribution in [0.2, 0.25) is 0 Å². The number of ether oxygens (including phenoxy) is 2. The Labute approximate surface area is 161 Å². The molecule has 1 heterocycles. The van der Waals surface area contributed by atoms with Gasteiger partial charge in [0, 0.05) is 24.5 Å². The molecule has 6 heteroatoms. The number of rotatable bonds is 4. The molecule has 2 atom stereocenters. The van der Waals surface area contributed by atoms with Crippen molar-refractivity contribution in [2.75, 3.05) is 13.2 Å². The summed E-state index contributed by atoms with van der Waals surface area (Å²) in [5.74, 6) is 2.00. The molecule has 2 aliphatic carbocycles. The summed E-state index contributed by atoms with van der Waals surface area (Å²) >= 11 is 0. The maximum absolute atomic E-state index is 13.2. The van der Waals surface area contributed by atoms with Crippen LogP contribution in [0, 0.1) is 5.92 Å². The molecule has 5 nitrogen and oxygen atoms in total. The highest BCUT2D eigenvalue weighted by molar-refractivity contribution is 5.85. The molecule has 0 spiro atoms. The maximum atomic E-state index is 13.2. The average Bonchev–Trinajstić information content (AvgIpc) is 3.31. The Balaban J connectivity index is 0.00000196. The van der Waals surface area contributed by atoms with Gasteiger partial charge in [-0.2, -0.15) is 0 Å². The van der Waals surface area contributed by atoms with Gasteiger partial charge in [0.2, 0.25) is 5.91 Å². The fraction of sp³-hybridized carbons (Fsp3) is 0.650. The largest absolute Gasteiger partial charge is 0.486 e. The molecule has 0 saturated heterocycles. The lowest BCUT2D eigenvalue weighted by atomic mass is 10.0. The van der Waals surface area contributed by atoms with Crippen LogP contribution < -0.4 is 15.2 Å². The standard InChI is InChI=1S/C20H28N2O3.ClH/c21-16-7-6-15(12-16)20(23)22(17-3-1-2-4-17)13-14-5-8-18-19(11-14)25-10-9-24-18;/h5,8,11,15-17H,1-4,6-7,9-10,12-13,21H2;1H. The minimum Gasteiger partial charge on any atom is -0.486 e. The summed E-state index contributed by atoms with van der Waals surface area (Å²) < 4.78 is 11.3. The number of carbonyl (C=O) groups excluding carboxylic acids is 1. The Bertz CT molecular complexity index is 633. The molecule has 1 aromatic rings. The van der Waals surface area contributed by atoms with Crippen molar-refractivity contribution in [2.24, 2.45) is 11.7 Å². The van der Waals surface area contributed by atoms with Crippen molar-refractivity contribution >= 4 is 18.3 Å². The first kappa shape index (κ1) is 19.3. The van der Waals surface area contributed by atoms with Crippen molar-refractivity contribution in [2.45, 2.75) is 63.6 Å². The molecule has 2 fully saturated rings. The van der Waals surface area contributed by atoms with Crippen molar-refractivity contribution in [3.05, 3.63) is 23.8 Å². The van der Waals surface area contributed by atoms with E-state index in [0.717, 1.165) is 49.2 Å². The molecule has 1 aromatic carbocycles. The zero-order chi connectivity index (χ0) is 17.2. The van der Waals surface area contributed by atoms with Crippen LogP contribution in [0.4, 0.5) is 0 Å². The zero-order valence-corrected chi connectivity index (χ0v) is 16.0. The van der Waals surface area contributed by atoms with E-state index in [1.54, 1.807) is 0 Å². The predicted molar refractivity (Wildman–Crippen MR) is 103 cm³/mol. The number of halogens is 1. The monoisotopic (exact) mass is 380 g/mol. The maximum Gasteiger partial charge on any atom is 0.226 e.